The third-order valence-corrected chi connectivity index (χ3v) is 4.24. The Morgan fingerprint density at radius 3 is 2.92 bits per heavy atom. The number of nitrogens with one attached hydrogen (secondary N) is 2. The van der Waals surface area contributed by atoms with E-state index < -0.39 is 16.0 Å². The van der Waals surface area contributed by atoms with Crippen molar-refractivity contribution < 1.29 is 22.5 Å². The lowest BCUT2D eigenvalue weighted by Gasteiger charge is -2.10. The van der Waals surface area contributed by atoms with Gasteiger partial charge in [-0.2, -0.15) is 13.7 Å². The zero-order valence-corrected chi connectivity index (χ0v) is 13.5. The number of rotatable bonds is 6. The molecule has 0 bridgehead atoms. The molecule has 1 aliphatic heterocycles. The van der Waals surface area contributed by atoms with Gasteiger partial charge in [-0.15, -0.1) is 0 Å². The van der Waals surface area contributed by atoms with Crippen LogP contribution in [0.1, 0.15) is 12.8 Å². The Hall–Kier alpha value is -2.41. The molecule has 1 heterocycles. The molecule has 128 valence electrons. The molecule has 1 atom stereocenters. The summed E-state index contributed by atoms with van der Waals surface area (Å²) in [5.41, 5.74) is 0.148. The third-order valence-electron chi connectivity index (χ3n) is 3.39. The second kappa shape index (κ2) is 7.92. The van der Waals surface area contributed by atoms with Gasteiger partial charge in [-0.05, 0) is 31.0 Å². The van der Waals surface area contributed by atoms with Gasteiger partial charge in [0.25, 0.3) is 16.0 Å². The molecule has 1 aromatic carbocycles. The van der Waals surface area contributed by atoms with Crippen LogP contribution in [0.3, 0.4) is 0 Å². The third kappa shape index (κ3) is 5.06. The maximum absolute atomic E-state index is 11.9. The Bertz CT molecular complexity index is 777. The predicted octanol–water partition coefficient (Wildman–Crippen LogP) is 1.05. The number of carbonyl (C=O) groups excluding carboxylic acids is 1. The van der Waals surface area contributed by atoms with Gasteiger partial charge in [-0.25, -0.2) is 0 Å². The summed E-state index contributed by atoms with van der Waals surface area (Å²) in [5.74, 6) is -0.550. The van der Waals surface area contributed by atoms with Crippen molar-refractivity contribution in [2.24, 2.45) is 0 Å². The number of hydrogen-bond donors (Lipinski definition) is 3. The van der Waals surface area contributed by atoms with E-state index in [1.54, 1.807) is 6.07 Å². The number of ether oxygens (including phenoxy) is 1. The van der Waals surface area contributed by atoms with Crippen LogP contribution < -0.4 is 10.6 Å². The number of carbonyl (C=O) groups is 1. The number of amides is 1. The molecule has 9 heteroatoms. The van der Waals surface area contributed by atoms with Crippen LogP contribution in [-0.4, -0.2) is 38.1 Å². The number of nitriles is 1. The van der Waals surface area contributed by atoms with Crippen LogP contribution in [0.2, 0.25) is 0 Å². The summed E-state index contributed by atoms with van der Waals surface area (Å²) in [6.45, 7) is 1.00. The van der Waals surface area contributed by atoms with Crippen molar-refractivity contribution in [3.8, 4) is 6.07 Å². The first-order chi connectivity index (χ1) is 11.4. The number of hydrogen-bond acceptors (Lipinski definition) is 6. The minimum atomic E-state index is -4.32. The maximum Gasteiger partial charge on any atom is 0.294 e. The standard InChI is InChI=1S/C15H17N3O5S/c16-8-11(15(19)18-10-13-4-2-6-23-13)9-17-12-3-1-5-14(7-12)24(20,21)22/h1,3,5,7,9,13,17H,2,4,6,10H2,(H,18,19)(H,20,21,22)/b11-9-. The number of anilines is 1. The molecule has 2 rings (SSSR count). The molecule has 0 radical (unpaired) electrons. The Balaban J connectivity index is 2.00. The molecule has 8 nitrogen and oxygen atoms in total. The first-order valence-electron chi connectivity index (χ1n) is 7.24. The van der Waals surface area contributed by atoms with Gasteiger partial charge in [0.05, 0.1) is 11.0 Å². The quantitative estimate of drug-likeness (QED) is 0.397. The molecule has 3 N–H and O–H groups in total. The fourth-order valence-corrected chi connectivity index (χ4v) is 2.68. The fourth-order valence-electron chi connectivity index (χ4n) is 2.16. The Morgan fingerprint density at radius 2 is 2.29 bits per heavy atom. The van der Waals surface area contributed by atoms with Gasteiger partial charge in [0.2, 0.25) is 0 Å². The SMILES string of the molecule is N#C/C(=C/Nc1cccc(S(=O)(=O)O)c1)C(=O)NCC1CCCO1. The van der Waals surface area contributed by atoms with Gasteiger partial charge in [0, 0.05) is 25.0 Å². The van der Waals surface area contributed by atoms with E-state index >= 15 is 0 Å². The Labute approximate surface area is 139 Å². The summed E-state index contributed by atoms with van der Waals surface area (Å²) in [4.78, 5) is 11.7. The van der Waals surface area contributed by atoms with E-state index in [0.29, 0.717) is 18.8 Å². The molecular formula is C15H17N3O5S. The molecule has 1 amide bonds. The van der Waals surface area contributed by atoms with Crippen LogP contribution in [0.25, 0.3) is 0 Å². The molecule has 1 saturated heterocycles. The van der Waals surface area contributed by atoms with Crippen LogP contribution in [-0.2, 0) is 19.6 Å². The van der Waals surface area contributed by atoms with Crippen molar-refractivity contribution in [3.05, 3.63) is 36.0 Å². The highest BCUT2D eigenvalue weighted by atomic mass is 32.2. The zero-order chi connectivity index (χ0) is 17.6. The highest BCUT2D eigenvalue weighted by Gasteiger charge is 2.17. The van der Waals surface area contributed by atoms with Crippen LogP contribution >= 0.6 is 0 Å². The van der Waals surface area contributed by atoms with E-state index in [2.05, 4.69) is 10.6 Å². The van der Waals surface area contributed by atoms with Crippen molar-refractivity contribution in [1.29, 1.82) is 5.26 Å². The lowest BCUT2D eigenvalue weighted by molar-refractivity contribution is -0.117. The molecule has 1 fully saturated rings. The normalized spacial score (nSPS) is 18.0. The van der Waals surface area contributed by atoms with E-state index in [1.165, 1.54) is 30.5 Å². The summed E-state index contributed by atoms with van der Waals surface area (Å²) in [7, 11) is -4.32. The summed E-state index contributed by atoms with van der Waals surface area (Å²) in [6.07, 6.45) is 2.96. The molecule has 1 unspecified atom stereocenters. The van der Waals surface area contributed by atoms with E-state index in [1.807, 2.05) is 0 Å². The number of benzene rings is 1. The predicted molar refractivity (Wildman–Crippen MR) is 85.6 cm³/mol. The average molecular weight is 351 g/mol. The van der Waals surface area contributed by atoms with Crippen LogP contribution in [0.15, 0.2) is 40.9 Å². The smallest absolute Gasteiger partial charge is 0.294 e. The Kier molecular flexibility index (Phi) is 5.92. The zero-order valence-electron chi connectivity index (χ0n) is 12.7. The Morgan fingerprint density at radius 1 is 1.50 bits per heavy atom. The first-order valence-corrected chi connectivity index (χ1v) is 8.68. The summed E-state index contributed by atoms with van der Waals surface area (Å²) < 4.78 is 36.5. The number of nitrogens with zero attached hydrogens (tertiary/aromatic N) is 1. The van der Waals surface area contributed by atoms with Gasteiger partial charge >= 0.3 is 0 Å². The molecule has 0 aliphatic carbocycles. The second-order valence-corrected chi connectivity index (χ2v) is 6.58. The highest BCUT2D eigenvalue weighted by Crippen LogP contribution is 2.15. The molecule has 0 spiro atoms. The van der Waals surface area contributed by atoms with Gasteiger partial charge in [-0.3, -0.25) is 9.35 Å². The summed E-state index contributed by atoms with van der Waals surface area (Å²) in [5, 5.41) is 14.3. The fraction of sp³-hybridized carbons (Fsp3) is 0.333. The summed E-state index contributed by atoms with van der Waals surface area (Å²) in [6, 6.07) is 7.13. The lowest BCUT2D eigenvalue weighted by Crippen LogP contribution is -2.32. The van der Waals surface area contributed by atoms with Crippen molar-refractivity contribution >= 4 is 21.7 Å². The van der Waals surface area contributed by atoms with E-state index in [0.717, 1.165) is 12.8 Å². The monoisotopic (exact) mass is 351 g/mol. The minimum absolute atomic E-state index is 0.0340. The molecule has 0 saturated carbocycles. The van der Waals surface area contributed by atoms with E-state index in [9.17, 15) is 13.2 Å². The van der Waals surface area contributed by atoms with Crippen LogP contribution in [0.4, 0.5) is 5.69 Å². The van der Waals surface area contributed by atoms with Gasteiger partial charge in [-0.1, -0.05) is 6.07 Å². The minimum Gasteiger partial charge on any atom is -0.376 e. The summed E-state index contributed by atoms with van der Waals surface area (Å²) >= 11 is 0. The first kappa shape index (κ1) is 17.9. The van der Waals surface area contributed by atoms with Gasteiger partial charge in [0.1, 0.15) is 11.6 Å². The van der Waals surface area contributed by atoms with Crippen molar-refractivity contribution in [2.45, 2.75) is 23.8 Å². The van der Waals surface area contributed by atoms with Gasteiger partial charge < -0.3 is 15.4 Å². The molecule has 0 aromatic heterocycles. The second-order valence-electron chi connectivity index (χ2n) is 5.16. The van der Waals surface area contributed by atoms with E-state index in [4.69, 9.17) is 14.6 Å². The largest absolute Gasteiger partial charge is 0.376 e. The highest BCUT2D eigenvalue weighted by molar-refractivity contribution is 7.85. The maximum atomic E-state index is 11.9. The van der Waals surface area contributed by atoms with Crippen molar-refractivity contribution in [1.82, 2.24) is 5.32 Å². The molecular weight excluding hydrogens is 334 g/mol. The molecule has 1 aliphatic rings. The van der Waals surface area contributed by atoms with E-state index in [-0.39, 0.29) is 16.6 Å². The van der Waals surface area contributed by atoms with Crippen LogP contribution in [0.5, 0.6) is 0 Å². The lowest BCUT2D eigenvalue weighted by atomic mass is 10.2. The topological polar surface area (TPSA) is 129 Å². The van der Waals surface area contributed by atoms with Crippen molar-refractivity contribution in [2.75, 3.05) is 18.5 Å². The molecule has 24 heavy (non-hydrogen) atoms. The van der Waals surface area contributed by atoms with Gasteiger partial charge in [0.15, 0.2) is 0 Å². The average Bonchev–Trinajstić information content (AvgIpc) is 3.06. The van der Waals surface area contributed by atoms with Crippen LogP contribution in [0, 0.1) is 11.3 Å². The molecule has 1 aromatic rings. The van der Waals surface area contributed by atoms with Crippen molar-refractivity contribution in [3.63, 3.8) is 0 Å².